The lowest BCUT2D eigenvalue weighted by Gasteiger charge is -2.13. The minimum atomic E-state index is -0.834. The third-order valence-corrected chi connectivity index (χ3v) is 5.45. The van der Waals surface area contributed by atoms with Crippen LogP contribution in [0.1, 0.15) is 22.5 Å². The molecule has 1 aliphatic rings. The van der Waals surface area contributed by atoms with E-state index in [1.807, 2.05) is 0 Å². The molecule has 0 atom stereocenters. The standard InChI is InChI=1S/C18H14FN3O4S/c19-12-9-11(22(24)25)3-4-14(12)26-15-5-6-20-13-10-16(27-17(13)15)18(23)21-7-1-2-8-21/h3-6,9-10H,1-2,7-8H2. The number of amides is 1. The summed E-state index contributed by atoms with van der Waals surface area (Å²) in [5, 5.41) is 10.7. The van der Waals surface area contributed by atoms with Gasteiger partial charge in [0.25, 0.3) is 11.6 Å². The average Bonchev–Trinajstić information content (AvgIpc) is 3.32. The van der Waals surface area contributed by atoms with E-state index in [1.165, 1.54) is 29.7 Å². The van der Waals surface area contributed by atoms with Crippen LogP contribution in [0.4, 0.5) is 10.1 Å². The van der Waals surface area contributed by atoms with Gasteiger partial charge in [0.2, 0.25) is 0 Å². The van der Waals surface area contributed by atoms with E-state index in [4.69, 9.17) is 4.74 Å². The number of pyridine rings is 1. The number of thiophene rings is 1. The Labute approximate surface area is 157 Å². The van der Waals surface area contributed by atoms with Crippen molar-refractivity contribution < 1.29 is 18.8 Å². The molecule has 138 valence electrons. The van der Waals surface area contributed by atoms with Gasteiger partial charge in [-0.25, -0.2) is 4.39 Å². The summed E-state index contributed by atoms with van der Waals surface area (Å²) < 4.78 is 20.4. The molecule has 0 bridgehead atoms. The lowest BCUT2D eigenvalue weighted by atomic mass is 10.3. The first-order valence-electron chi connectivity index (χ1n) is 8.32. The summed E-state index contributed by atoms with van der Waals surface area (Å²) in [6, 6.07) is 6.48. The van der Waals surface area contributed by atoms with Gasteiger partial charge in [0, 0.05) is 31.4 Å². The van der Waals surface area contributed by atoms with Crippen molar-refractivity contribution in [2.45, 2.75) is 12.8 Å². The second-order valence-corrected chi connectivity index (χ2v) is 7.16. The van der Waals surface area contributed by atoms with Gasteiger partial charge in [0.05, 0.1) is 26.1 Å². The fraction of sp³-hybridized carbons (Fsp3) is 0.222. The first-order valence-corrected chi connectivity index (χ1v) is 9.14. The first kappa shape index (κ1) is 17.3. The summed E-state index contributed by atoms with van der Waals surface area (Å²) in [6.07, 6.45) is 3.52. The number of rotatable bonds is 4. The first-order chi connectivity index (χ1) is 13.0. The van der Waals surface area contributed by atoms with Gasteiger partial charge < -0.3 is 9.64 Å². The van der Waals surface area contributed by atoms with Gasteiger partial charge in [-0.2, -0.15) is 0 Å². The highest BCUT2D eigenvalue weighted by Crippen LogP contribution is 2.36. The van der Waals surface area contributed by atoms with E-state index in [2.05, 4.69) is 4.98 Å². The lowest BCUT2D eigenvalue weighted by molar-refractivity contribution is -0.385. The molecule has 0 aliphatic carbocycles. The largest absolute Gasteiger partial charge is 0.453 e. The minimum absolute atomic E-state index is 0.0389. The molecule has 1 amide bonds. The highest BCUT2D eigenvalue weighted by molar-refractivity contribution is 7.21. The number of fused-ring (bicyclic) bond motifs is 1. The fourth-order valence-electron chi connectivity index (χ4n) is 2.98. The van der Waals surface area contributed by atoms with E-state index in [9.17, 15) is 19.3 Å². The second-order valence-electron chi connectivity index (χ2n) is 6.11. The van der Waals surface area contributed by atoms with Crippen molar-refractivity contribution in [1.29, 1.82) is 0 Å². The number of carbonyl (C=O) groups excluding carboxylic acids is 1. The molecule has 2 aromatic heterocycles. The van der Waals surface area contributed by atoms with Crippen LogP contribution >= 0.6 is 11.3 Å². The zero-order chi connectivity index (χ0) is 19.0. The number of carbonyl (C=O) groups is 1. The highest BCUT2D eigenvalue weighted by atomic mass is 32.1. The summed E-state index contributed by atoms with van der Waals surface area (Å²) in [4.78, 5) is 29.3. The van der Waals surface area contributed by atoms with Crippen LogP contribution in [0.3, 0.4) is 0 Å². The molecule has 7 nitrogen and oxygen atoms in total. The molecule has 1 saturated heterocycles. The van der Waals surface area contributed by atoms with Gasteiger partial charge in [-0.15, -0.1) is 11.3 Å². The topological polar surface area (TPSA) is 85.6 Å². The summed E-state index contributed by atoms with van der Waals surface area (Å²) >= 11 is 1.24. The maximum atomic E-state index is 14.1. The van der Waals surface area contributed by atoms with Crippen molar-refractivity contribution in [2.24, 2.45) is 0 Å². The molecule has 3 heterocycles. The number of nitrogens with zero attached hydrogens (tertiary/aromatic N) is 3. The number of ether oxygens (including phenoxy) is 1. The Kier molecular flexibility index (Phi) is 4.44. The molecular weight excluding hydrogens is 373 g/mol. The Morgan fingerprint density at radius 2 is 2.00 bits per heavy atom. The van der Waals surface area contributed by atoms with Gasteiger partial charge in [-0.1, -0.05) is 0 Å². The van der Waals surface area contributed by atoms with Crippen LogP contribution in [-0.2, 0) is 0 Å². The van der Waals surface area contributed by atoms with Gasteiger partial charge in [-0.05, 0) is 25.0 Å². The zero-order valence-electron chi connectivity index (χ0n) is 14.1. The minimum Gasteiger partial charge on any atom is -0.453 e. The SMILES string of the molecule is O=C(c1cc2nccc(Oc3ccc([N+](=O)[O-])cc3F)c2s1)N1CCCC1. The molecule has 1 aliphatic heterocycles. The predicted octanol–water partition coefficient (Wildman–Crippen LogP) is 4.37. The van der Waals surface area contributed by atoms with Crippen LogP contribution in [0, 0.1) is 15.9 Å². The van der Waals surface area contributed by atoms with Crippen LogP contribution in [0.5, 0.6) is 11.5 Å². The Balaban J connectivity index is 1.66. The van der Waals surface area contributed by atoms with Crippen LogP contribution in [0.15, 0.2) is 36.5 Å². The van der Waals surface area contributed by atoms with Gasteiger partial charge >= 0.3 is 0 Å². The number of hydrogen-bond acceptors (Lipinski definition) is 6. The highest BCUT2D eigenvalue weighted by Gasteiger charge is 2.23. The monoisotopic (exact) mass is 387 g/mol. The van der Waals surface area contributed by atoms with Crippen LogP contribution in [0.2, 0.25) is 0 Å². The number of benzene rings is 1. The van der Waals surface area contributed by atoms with Crippen LogP contribution in [-0.4, -0.2) is 33.8 Å². The van der Waals surface area contributed by atoms with E-state index in [1.54, 1.807) is 17.0 Å². The molecule has 9 heteroatoms. The fourth-order valence-corrected chi connectivity index (χ4v) is 4.01. The summed E-state index contributed by atoms with van der Waals surface area (Å²) in [6.45, 7) is 1.50. The molecule has 0 N–H and O–H groups in total. The summed E-state index contributed by atoms with van der Waals surface area (Å²) in [7, 11) is 0. The quantitative estimate of drug-likeness (QED) is 0.490. The Morgan fingerprint density at radius 3 is 2.70 bits per heavy atom. The summed E-state index contributed by atoms with van der Waals surface area (Å²) in [5.74, 6) is -0.658. The smallest absolute Gasteiger partial charge is 0.272 e. The van der Waals surface area contributed by atoms with E-state index < -0.39 is 10.7 Å². The number of aromatic nitrogens is 1. The van der Waals surface area contributed by atoms with Gasteiger partial charge in [-0.3, -0.25) is 19.9 Å². The van der Waals surface area contributed by atoms with Crippen molar-refractivity contribution in [3.05, 3.63) is 57.3 Å². The molecule has 3 aromatic rings. The Hall–Kier alpha value is -3.07. The van der Waals surface area contributed by atoms with Gasteiger partial charge in [0.1, 0.15) is 5.75 Å². The van der Waals surface area contributed by atoms with E-state index in [0.29, 0.717) is 20.8 Å². The van der Waals surface area contributed by atoms with Crippen molar-refractivity contribution in [3.63, 3.8) is 0 Å². The number of likely N-dealkylation sites (tertiary alicyclic amines) is 1. The van der Waals surface area contributed by atoms with Crippen molar-refractivity contribution in [1.82, 2.24) is 9.88 Å². The third-order valence-electron chi connectivity index (χ3n) is 4.33. The molecule has 0 spiro atoms. The molecule has 0 unspecified atom stereocenters. The Morgan fingerprint density at radius 1 is 1.22 bits per heavy atom. The molecule has 4 rings (SSSR count). The molecule has 1 aromatic carbocycles. The maximum Gasteiger partial charge on any atom is 0.272 e. The molecule has 0 radical (unpaired) electrons. The third kappa shape index (κ3) is 3.33. The van der Waals surface area contributed by atoms with E-state index in [-0.39, 0.29) is 17.3 Å². The number of non-ortho nitro benzene ring substituents is 1. The zero-order valence-corrected chi connectivity index (χ0v) is 14.9. The number of halogens is 1. The van der Waals surface area contributed by atoms with Crippen LogP contribution in [0.25, 0.3) is 10.2 Å². The van der Waals surface area contributed by atoms with Gasteiger partial charge in [0.15, 0.2) is 11.6 Å². The number of nitro benzene ring substituents is 1. The summed E-state index contributed by atoms with van der Waals surface area (Å²) in [5.41, 5.74) is 0.233. The van der Waals surface area contributed by atoms with Crippen LogP contribution < -0.4 is 4.74 Å². The average molecular weight is 387 g/mol. The predicted molar refractivity (Wildman–Crippen MR) is 97.9 cm³/mol. The molecule has 1 fully saturated rings. The number of nitro groups is 1. The Bertz CT molecular complexity index is 1050. The van der Waals surface area contributed by atoms with Crippen molar-refractivity contribution >= 4 is 33.1 Å². The second kappa shape index (κ2) is 6.92. The van der Waals surface area contributed by atoms with Crippen molar-refractivity contribution in [3.8, 4) is 11.5 Å². The van der Waals surface area contributed by atoms with Crippen molar-refractivity contribution in [2.75, 3.05) is 13.1 Å². The number of hydrogen-bond donors (Lipinski definition) is 0. The molecule has 0 saturated carbocycles. The maximum absolute atomic E-state index is 14.1. The molecular formula is C18H14FN3O4S. The van der Waals surface area contributed by atoms with E-state index in [0.717, 1.165) is 32.0 Å². The lowest BCUT2D eigenvalue weighted by Crippen LogP contribution is -2.26. The molecule has 27 heavy (non-hydrogen) atoms. The van der Waals surface area contributed by atoms with E-state index >= 15 is 0 Å². The normalized spacial score (nSPS) is 13.9.